The van der Waals surface area contributed by atoms with Crippen LogP contribution in [0.5, 0.6) is 0 Å². The van der Waals surface area contributed by atoms with E-state index >= 15 is 0 Å². The Morgan fingerprint density at radius 3 is 2.90 bits per heavy atom. The van der Waals surface area contributed by atoms with Gasteiger partial charge >= 0.3 is 0 Å². The van der Waals surface area contributed by atoms with Crippen LogP contribution in [0.4, 0.5) is 11.5 Å². The maximum atomic E-state index is 12.3. The predicted octanol–water partition coefficient (Wildman–Crippen LogP) is 2.93. The fourth-order valence-corrected chi connectivity index (χ4v) is 2.59. The minimum atomic E-state index is -0.265. The minimum absolute atomic E-state index is 0.00209. The Kier molecular flexibility index (Phi) is 3.46. The lowest BCUT2D eigenvalue weighted by atomic mass is 10.0. The summed E-state index contributed by atoms with van der Waals surface area (Å²) in [6.07, 6.45) is 0. The second-order valence-electron chi connectivity index (χ2n) is 4.35. The quantitative estimate of drug-likeness (QED) is 0.661. The van der Waals surface area contributed by atoms with Crippen molar-refractivity contribution in [2.45, 2.75) is 5.92 Å². The number of hydrogen-bond acceptors (Lipinski definition) is 4. The smallest absolute Gasteiger partial charge is 0.234 e. The second-order valence-corrected chi connectivity index (χ2v) is 5.08. The molecule has 1 unspecified atom stereocenters. The van der Waals surface area contributed by atoms with Gasteiger partial charge in [0, 0.05) is 18.3 Å². The Hall–Kier alpha value is -1.85. The van der Waals surface area contributed by atoms with Gasteiger partial charge in [-0.1, -0.05) is 29.8 Å². The Balaban J connectivity index is 1.81. The fraction of sp³-hybridized carbons (Fsp3) is 0.154. The van der Waals surface area contributed by atoms with Gasteiger partial charge in [0.25, 0.3) is 0 Å². The highest BCUT2D eigenvalue weighted by Gasteiger charge is 2.28. The van der Waals surface area contributed by atoms with E-state index in [0.717, 1.165) is 11.3 Å². The average molecular weight is 309 g/mol. The normalized spacial score (nSPS) is 16.4. The van der Waals surface area contributed by atoms with Crippen LogP contribution in [0, 0.1) is 0 Å². The molecule has 5 nitrogen and oxygen atoms in total. The number of benzene rings is 1. The van der Waals surface area contributed by atoms with Gasteiger partial charge in [0.05, 0.1) is 5.92 Å². The summed E-state index contributed by atoms with van der Waals surface area (Å²) in [5.74, 6) is -0.128. The Labute approximate surface area is 125 Å². The molecule has 2 aromatic rings. The molecule has 1 aromatic carbocycles. The zero-order chi connectivity index (χ0) is 14.1. The van der Waals surface area contributed by atoms with Gasteiger partial charge in [-0.15, -0.1) is 0 Å². The standard InChI is InChI=1S/C13H10Cl2N4O/c14-10-5-11(19-13(15)17-10)18-12(20)8-6-16-9-4-2-1-3-7(8)9/h1-5,8,16H,6H2,(H,17,18,19,20). The first-order valence-electron chi connectivity index (χ1n) is 5.97. The van der Waals surface area contributed by atoms with E-state index in [2.05, 4.69) is 20.6 Å². The van der Waals surface area contributed by atoms with Crippen molar-refractivity contribution in [3.63, 3.8) is 0 Å². The largest absolute Gasteiger partial charge is 0.384 e. The van der Waals surface area contributed by atoms with Gasteiger partial charge in [-0.25, -0.2) is 9.97 Å². The third-order valence-electron chi connectivity index (χ3n) is 3.07. The van der Waals surface area contributed by atoms with Crippen LogP contribution in [0.15, 0.2) is 30.3 Å². The lowest BCUT2D eigenvalue weighted by Gasteiger charge is -2.10. The molecule has 1 aliphatic heterocycles. The van der Waals surface area contributed by atoms with E-state index < -0.39 is 0 Å². The molecule has 3 rings (SSSR count). The van der Waals surface area contributed by atoms with Crippen molar-refractivity contribution < 1.29 is 4.79 Å². The monoisotopic (exact) mass is 308 g/mol. The number of nitrogens with zero attached hydrogens (tertiary/aromatic N) is 2. The number of para-hydroxylation sites is 1. The molecule has 0 radical (unpaired) electrons. The number of carbonyl (C=O) groups is 1. The van der Waals surface area contributed by atoms with Gasteiger partial charge < -0.3 is 10.6 Å². The van der Waals surface area contributed by atoms with Crippen LogP contribution in [0.25, 0.3) is 0 Å². The van der Waals surface area contributed by atoms with Crippen LogP contribution in [0.3, 0.4) is 0 Å². The summed E-state index contributed by atoms with van der Waals surface area (Å²) in [5, 5.41) is 6.08. The highest BCUT2D eigenvalue weighted by atomic mass is 35.5. The third-order valence-corrected chi connectivity index (χ3v) is 3.43. The van der Waals surface area contributed by atoms with Crippen LogP contribution < -0.4 is 10.6 Å². The van der Waals surface area contributed by atoms with Crippen LogP contribution in [-0.4, -0.2) is 22.4 Å². The van der Waals surface area contributed by atoms with Gasteiger partial charge in [-0.05, 0) is 23.2 Å². The van der Waals surface area contributed by atoms with Crippen LogP contribution in [0.1, 0.15) is 11.5 Å². The number of amides is 1. The topological polar surface area (TPSA) is 66.9 Å². The number of anilines is 2. The molecular formula is C13H10Cl2N4O. The van der Waals surface area contributed by atoms with Crippen LogP contribution >= 0.6 is 23.2 Å². The van der Waals surface area contributed by atoms with Crippen molar-refractivity contribution in [2.24, 2.45) is 0 Å². The lowest BCUT2D eigenvalue weighted by molar-refractivity contribution is -0.117. The van der Waals surface area contributed by atoms with E-state index in [9.17, 15) is 4.79 Å². The summed E-state index contributed by atoms with van der Waals surface area (Å²) in [4.78, 5) is 20.0. The summed E-state index contributed by atoms with van der Waals surface area (Å²) >= 11 is 11.5. The molecule has 102 valence electrons. The van der Waals surface area contributed by atoms with E-state index in [4.69, 9.17) is 23.2 Å². The van der Waals surface area contributed by atoms with Gasteiger partial charge in [-0.3, -0.25) is 4.79 Å². The average Bonchev–Trinajstić information content (AvgIpc) is 2.81. The molecule has 2 N–H and O–H groups in total. The number of halogens is 2. The molecule has 20 heavy (non-hydrogen) atoms. The first-order chi connectivity index (χ1) is 9.63. The molecule has 0 saturated heterocycles. The molecule has 0 fully saturated rings. The molecule has 0 bridgehead atoms. The summed E-state index contributed by atoms with van der Waals surface area (Å²) in [6, 6.07) is 9.17. The molecule has 2 heterocycles. The molecule has 1 aromatic heterocycles. The Morgan fingerprint density at radius 2 is 2.10 bits per heavy atom. The number of aromatic nitrogens is 2. The molecule has 7 heteroatoms. The summed E-state index contributed by atoms with van der Waals surface area (Å²) in [5.41, 5.74) is 1.95. The SMILES string of the molecule is O=C(Nc1cc(Cl)nc(Cl)n1)C1CNc2ccccc21. The molecule has 1 atom stereocenters. The highest BCUT2D eigenvalue weighted by molar-refractivity contribution is 6.32. The van der Waals surface area contributed by atoms with Crippen molar-refractivity contribution in [2.75, 3.05) is 17.2 Å². The Bertz CT molecular complexity index is 657. The summed E-state index contributed by atoms with van der Waals surface area (Å²) in [6.45, 7) is 0.553. The van der Waals surface area contributed by atoms with Crippen LogP contribution in [-0.2, 0) is 4.79 Å². The van der Waals surface area contributed by atoms with Gasteiger partial charge in [0.2, 0.25) is 11.2 Å². The van der Waals surface area contributed by atoms with Crippen molar-refractivity contribution >= 4 is 40.6 Å². The number of carbonyl (C=O) groups excluding carboxylic acids is 1. The zero-order valence-electron chi connectivity index (χ0n) is 10.2. The fourth-order valence-electron chi connectivity index (χ4n) is 2.19. The number of nitrogens with one attached hydrogen (secondary N) is 2. The van der Waals surface area contributed by atoms with Crippen molar-refractivity contribution in [3.05, 3.63) is 46.3 Å². The van der Waals surface area contributed by atoms with Gasteiger partial charge in [-0.2, -0.15) is 0 Å². The van der Waals surface area contributed by atoms with E-state index in [1.807, 2.05) is 24.3 Å². The van der Waals surface area contributed by atoms with E-state index in [1.54, 1.807) is 0 Å². The number of hydrogen-bond donors (Lipinski definition) is 2. The number of fused-ring (bicyclic) bond motifs is 1. The second kappa shape index (κ2) is 5.26. The molecule has 0 aliphatic carbocycles. The maximum Gasteiger partial charge on any atom is 0.234 e. The van der Waals surface area contributed by atoms with Crippen molar-refractivity contribution in [1.82, 2.24) is 9.97 Å². The molecule has 0 saturated carbocycles. The lowest BCUT2D eigenvalue weighted by Crippen LogP contribution is -2.23. The zero-order valence-corrected chi connectivity index (χ0v) is 11.7. The molecule has 0 spiro atoms. The van der Waals surface area contributed by atoms with Crippen LogP contribution in [0.2, 0.25) is 10.4 Å². The van der Waals surface area contributed by atoms with Gasteiger partial charge in [0.1, 0.15) is 11.0 Å². The van der Waals surface area contributed by atoms with E-state index in [1.165, 1.54) is 6.07 Å². The first kappa shape index (κ1) is 13.1. The van der Waals surface area contributed by atoms with Crippen molar-refractivity contribution in [3.8, 4) is 0 Å². The highest BCUT2D eigenvalue weighted by Crippen LogP contribution is 2.31. The third kappa shape index (κ3) is 2.55. The Morgan fingerprint density at radius 1 is 1.30 bits per heavy atom. The summed E-state index contributed by atoms with van der Waals surface area (Å²) < 4.78 is 0. The van der Waals surface area contributed by atoms with E-state index in [-0.39, 0.29) is 22.3 Å². The van der Waals surface area contributed by atoms with Crippen molar-refractivity contribution in [1.29, 1.82) is 0 Å². The molecular weight excluding hydrogens is 299 g/mol. The predicted molar refractivity (Wildman–Crippen MR) is 78.4 cm³/mol. The first-order valence-corrected chi connectivity index (χ1v) is 6.73. The van der Waals surface area contributed by atoms with E-state index in [0.29, 0.717) is 12.4 Å². The molecule has 1 aliphatic rings. The number of rotatable bonds is 2. The van der Waals surface area contributed by atoms with Gasteiger partial charge in [0.15, 0.2) is 0 Å². The summed E-state index contributed by atoms with van der Waals surface area (Å²) in [7, 11) is 0. The maximum absolute atomic E-state index is 12.3. The minimum Gasteiger partial charge on any atom is -0.384 e. The molecule has 1 amide bonds.